The van der Waals surface area contributed by atoms with Crippen molar-refractivity contribution in [2.75, 3.05) is 6.54 Å². The molecule has 0 bridgehead atoms. The van der Waals surface area contributed by atoms with Gasteiger partial charge in [-0.05, 0) is 19.3 Å². The summed E-state index contributed by atoms with van der Waals surface area (Å²) >= 11 is 0. The molecule has 1 aliphatic heterocycles. The van der Waals surface area contributed by atoms with Crippen molar-refractivity contribution in [3.8, 4) is 0 Å². The first-order chi connectivity index (χ1) is 9.34. The van der Waals surface area contributed by atoms with Crippen molar-refractivity contribution in [2.24, 2.45) is 22.2 Å². The lowest BCUT2D eigenvalue weighted by atomic mass is 10.1. The number of amides is 2. The van der Waals surface area contributed by atoms with E-state index in [1.165, 1.54) is 0 Å². The second kappa shape index (κ2) is 6.85. The number of likely N-dealkylation sites (tertiary alicyclic amines) is 1. The number of guanidine groups is 1. The lowest BCUT2D eigenvalue weighted by Gasteiger charge is -2.22. The van der Waals surface area contributed by atoms with Crippen molar-refractivity contribution < 1.29 is 19.5 Å². The number of aliphatic carboxylic acids is 1. The first-order valence-electron chi connectivity index (χ1n) is 6.24. The molecule has 20 heavy (non-hydrogen) atoms. The van der Waals surface area contributed by atoms with Crippen molar-refractivity contribution in [2.45, 2.75) is 37.8 Å². The molecule has 0 aliphatic carbocycles. The summed E-state index contributed by atoms with van der Waals surface area (Å²) in [6, 6.07) is -2.05. The van der Waals surface area contributed by atoms with Crippen LogP contribution in [0.15, 0.2) is 4.99 Å². The molecule has 0 aromatic rings. The summed E-state index contributed by atoms with van der Waals surface area (Å²) in [6.45, 7) is 0.319. The average molecular weight is 285 g/mol. The Balaban J connectivity index is 2.57. The number of imide groups is 1. The first-order valence-corrected chi connectivity index (χ1v) is 6.24. The van der Waals surface area contributed by atoms with Crippen LogP contribution in [0, 0.1) is 0 Å². The summed E-state index contributed by atoms with van der Waals surface area (Å²) in [6.07, 6.45) is 0.903. The van der Waals surface area contributed by atoms with Gasteiger partial charge in [-0.3, -0.25) is 19.5 Å². The minimum atomic E-state index is -1.20. The van der Waals surface area contributed by atoms with Gasteiger partial charge in [0.15, 0.2) is 5.96 Å². The molecule has 0 saturated carbocycles. The average Bonchev–Trinajstić information content (AvgIpc) is 2.75. The molecule has 9 heteroatoms. The van der Waals surface area contributed by atoms with E-state index in [2.05, 4.69) is 4.99 Å². The van der Waals surface area contributed by atoms with Gasteiger partial charge in [0, 0.05) is 13.0 Å². The molecule has 0 spiro atoms. The minimum Gasteiger partial charge on any atom is -0.480 e. The van der Waals surface area contributed by atoms with Crippen molar-refractivity contribution in [3.63, 3.8) is 0 Å². The van der Waals surface area contributed by atoms with Crippen LogP contribution >= 0.6 is 0 Å². The second-order valence-corrected chi connectivity index (χ2v) is 4.55. The zero-order chi connectivity index (χ0) is 15.3. The third-order valence-electron chi connectivity index (χ3n) is 3.02. The second-order valence-electron chi connectivity index (χ2n) is 4.55. The quantitative estimate of drug-likeness (QED) is 0.248. The van der Waals surface area contributed by atoms with Gasteiger partial charge in [0.05, 0.1) is 6.04 Å². The van der Waals surface area contributed by atoms with Gasteiger partial charge in [0.25, 0.3) is 0 Å². The summed E-state index contributed by atoms with van der Waals surface area (Å²) in [5.74, 6) is -2.41. The molecular formula is C11H19N5O4. The predicted octanol–water partition coefficient (Wildman–Crippen LogP) is -2.03. The number of rotatable bonds is 6. The van der Waals surface area contributed by atoms with Crippen LogP contribution in [-0.4, -0.2) is 52.4 Å². The lowest BCUT2D eigenvalue weighted by molar-refractivity contribution is -0.154. The number of carboxylic acid groups (broad SMARTS) is 1. The fraction of sp³-hybridized carbons (Fsp3) is 0.636. The normalized spacial score (nSPS) is 19.8. The highest BCUT2D eigenvalue weighted by molar-refractivity contribution is 6.03. The van der Waals surface area contributed by atoms with Crippen LogP contribution in [0.25, 0.3) is 0 Å². The van der Waals surface area contributed by atoms with Crippen LogP contribution in [0.1, 0.15) is 25.7 Å². The summed E-state index contributed by atoms with van der Waals surface area (Å²) in [5.41, 5.74) is 16.0. The third-order valence-corrected chi connectivity index (χ3v) is 3.02. The van der Waals surface area contributed by atoms with E-state index in [4.69, 9.17) is 22.3 Å². The number of nitrogens with zero attached hydrogens (tertiary/aromatic N) is 2. The topological polar surface area (TPSA) is 165 Å². The molecule has 9 nitrogen and oxygen atoms in total. The molecule has 1 saturated heterocycles. The van der Waals surface area contributed by atoms with Crippen molar-refractivity contribution >= 4 is 23.7 Å². The highest BCUT2D eigenvalue weighted by atomic mass is 16.4. The van der Waals surface area contributed by atoms with Crippen LogP contribution in [0.4, 0.5) is 0 Å². The molecule has 2 amide bonds. The summed E-state index contributed by atoms with van der Waals surface area (Å²) in [4.78, 5) is 39.1. The van der Waals surface area contributed by atoms with E-state index in [-0.39, 0.29) is 25.2 Å². The number of hydrogen-bond acceptors (Lipinski definition) is 5. The van der Waals surface area contributed by atoms with Crippen LogP contribution in [0.5, 0.6) is 0 Å². The van der Waals surface area contributed by atoms with Gasteiger partial charge in [-0.2, -0.15) is 0 Å². The maximum absolute atomic E-state index is 12.0. The van der Waals surface area contributed by atoms with Gasteiger partial charge in [0.1, 0.15) is 6.04 Å². The number of nitrogens with two attached hydrogens (primary N) is 3. The van der Waals surface area contributed by atoms with Gasteiger partial charge in [-0.1, -0.05) is 0 Å². The Hall–Kier alpha value is -2.16. The fourth-order valence-electron chi connectivity index (χ4n) is 2.02. The Labute approximate surface area is 115 Å². The van der Waals surface area contributed by atoms with E-state index in [0.29, 0.717) is 13.0 Å². The van der Waals surface area contributed by atoms with Crippen molar-refractivity contribution in [3.05, 3.63) is 0 Å². The molecule has 1 aliphatic rings. The maximum Gasteiger partial charge on any atom is 0.326 e. The molecule has 2 atom stereocenters. The number of carbonyl (C=O) groups excluding carboxylic acids is 2. The summed E-state index contributed by atoms with van der Waals surface area (Å²) in [7, 11) is 0. The fourth-order valence-corrected chi connectivity index (χ4v) is 2.02. The molecule has 112 valence electrons. The lowest BCUT2D eigenvalue weighted by Crippen LogP contribution is -2.50. The number of aliphatic imine (C=N–C) groups is 1. The Morgan fingerprint density at radius 3 is 2.65 bits per heavy atom. The number of carboxylic acids is 1. The smallest absolute Gasteiger partial charge is 0.326 e. The summed E-state index contributed by atoms with van der Waals surface area (Å²) < 4.78 is 0. The van der Waals surface area contributed by atoms with Crippen LogP contribution in [0.3, 0.4) is 0 Å². The largest absolute Gasteiger partial charge is 0.480 e. The van der Waals surface area contributed by atoms with E-state index in [1.807, 2.05) is 0 Å². The first kappa shape index (κ1) is 15.9. The van der Waals surface area contributed by atoms with Crippen molar-refractivity contribution in [1.29, 1.82) is 0 Å². The minimum absolute atomic E-state index is 0.0451. The standard InChI is InChI=1S/C11H19N5O4/c12-6(2-1-5-15-11(13)14)9(18)16-7(10(19)20)3-4-8(16)17/h6-7H,1-5,12H2,(H,19,20)(H4,13,14,15)/t6-,7?/m0/s1. The van der Waals surface area contributed by atoms with Crippen LogP contribution in [-0.2, 0) is 14.4 Å². The van der Waals surface area contributed by atoms with Crippen LogP contribution in [0.2, 0.25) is 0 Å². The molecule has 1 heterocycles. The molecule has 0 radical (unpaired) electrons. The number of carbonyl (C=O) groups is 3. The zero-order valence-electron chi connectivity index (χ0n) is 11.0. The van der Waals surface area contributed by atoms with Gasteiger partial charge in [-0.15, -0.1) is 0 Å². The Bertz CT molecular complexity index is 433. The molecular weight excluding hydrogens is 266 g/mol. The van der Waals surface area contributed by atoms with Gasteiger partial charge >= 0.3 is 5.97 Å². The predicted molar refractivity (Wildman–Crippen MR) is 70.4 cm³/mol. The molecule has 1 fully saturated rings. The van der Waals surface area contributed by atoms with Gasteiger partial charge in [-0.25, -0.2) is 4.79 Å². The Morgan fingerprint density at radius 1 is 1.45 bits per heavy atom. The molecule has 1 unspecified atom stereocenters. The number of hydrogen-bond donors (Lipinski definition) is 4. The Kier molecular flexibility index (Phi) is 5.44. The highest BCUT2D eigenvalue weighted by Gasteiger charge is 2.41. The van der Waals surface area contributed by atoms with E-state index < -0.39 is 29.9 Å². The molecule has 1 rings (SSSR count). The molecule has 7 N–H and O–H groups in total. The Morgan fingerprint density at radius 2 is 2.10 bits per heavy atom. The van der Waals surface area contributed by atoms with Crippen molar-refractivity contribution in [1.82, 2.24) is 4.90 Å². The highest BCUT2D eigenvalue weighted by Crippen LogP contribution is 2.20. The van der Waals surface area contributed by atoms with Crippen LogP contribution < -0.4 is 17.2 Å². The third kappa shape index (κ3) is 3.92. The van der Waals surface area contributed by atoms with E-state index >= 15 is 0 Å². The van der Waals surface area contributed by atoms with E-state index in [1.54, 1.807) is 0 Å². The molecule has 0 aromatic carbocycles. The molecule has 0 aromatic heterocycles. The summed E-state index contributed by atoms with van der Waals surface area (Å²) in [5, 5.41) is 8.97. The van der Waals surface area contributed by atoms with E-state index in [9.17, 15) is 14.4 Å². The van der Waals surface area contributed by atoms with Gasteiger partial charge in [0.2, 0.25) is 11.8 Å². The maximum atomic E-state index is 12.0. The SMILES string of the molecule is NC(N)=NCCC[C@H](N)C(=O)N1C(=O)CCC1C(=O)O. The van der Waals surface area contributed by atoms with Gasteiger partial charge < -0.3 is 22.3 Å². The monoisotopic (exact) mass is 285 g/mol. The zero-order valence-corrected chi connectivity index (χ0v) is 11.0. The van der Waals surface area contributed by atoms with E-state index in [0.717, 1.165) is 4.90 Å².